The van der Waals surface area contributed by atoms with Crippen LogP contribution in [-0.4, -0.2) is 47.1 Å². The molecular weight excluding hydrogens is 196 g/mol. The van der Waals surface area contributed by atoms with Gasteiger partial charge in [0.25, 0.3) is 0 Å². The highest BCUT2D eigenvalue weighted by Crippen LogP contribution is 2.22. The van der Waals surface area contributed by atoms with Crippen LogP contribution in [-0.2, 0) is 9.59 Å². The summed E-state index contributed by atoms with van der Waals surface area (Å²) in [6.45, 7) is 2.78. The summed E-state index contributed by atoms with van der Waals surface area (Å²) in [6, 6.07) is 0.0863. The van der Waals surface area contributed by atoms with Crippen molar-refractivity contribution in [2.45, 2.75) is 31.9 Å². The van der Waals surface area contributed by atoms with Gasteiger partial charge in [-0.3, -0.25) is 9.59 Å². The van der Waals surface area contributed by atoms with Crippen LogP contribution in [0.2, 0.25) is 0 Å². The molecule has 0 spiro atoms. The molecule has 2 fully saturated rings. The lowest BCUT2D eigenvalue weighted by Crippen LogP contribution is -2.39. The van der Waals surface area contributed by atoms with Gasteiger partial charge in [-0.2, -0.15) is 0 Å². The molecule has 0 aromatic carbocycles. The molecule has 2 heterocycles. The fourth-order valence-electron chi connectivity index (χ4n) is 2.32. The van der Waals surface area contributed by atoms with Crippen molar-refractivity contribution in [3.63, 3.8) is 0 Å². The average molecular weight is 212 g/mol. The second-order valence-corrected chi connectivity index (χ2v) is 4.43. The summed E-state index contributed by atoms with van der Waals surface area (Å²) in [7, 11) is 0. The molecule has 5 nitrogen and oxygen atoms in total. The van der Waals surface area contributed by atoms with Crippen LogP contribution in [0.3, 0.4) is 0 Å². The van der Waals surface area contributed by atoms with E-state index >= 15 is 0 Å². The number of carbonyl (C=O) groups is 2. The molecule has 15 heavy (non-hydrogen) atoms. The Kier molecular flexibility index (Phi) is 2.65. The van der Waals surface area contributed by atoms with Crippen molar-refractivity contribution in [2.24, 2.45) is 5.92 Å². The van der Waals surface area contributed by atoms with Crippen LogP contribution in [0.4, 0.5) is 0 Å². The summed E-state index contributed by atoms with van der Waals surface area (Å²) in [5, 5.41) is 12.1. The number of aliphatic hydroxyl groups excluding tert-OH is 1. The first kappa shape index (κ1) is 10.4. The number of rotatable bonds is 1. The lowest BCUT2D eigenvalue weighted by Gasteiger charge is -2.23. The molecule has 5 heteroatoms. The van der Waals surface area contributed by atoms with Crippen molar-refractivity contribution >= 4 is 11.8 Å². The Bertz CT molecular complexity index is 292. The van der Waals surface area contributed by atoms with Gasteiger partial charge in [-0.1, -0.05) is 0 Å². The van der Waals surface area contributed by atoms with Crippen molar-refractivity contribution in [1.82, 2.24) is 10.2 Å². The SMILES string of the molecule is CC1CC(O)CN1C(=O)C1CNC(=O)C1. The number of likely N-dealkylation sites (tertiary alicyclic amines) is 1. The minimum Gasteiger partial charge on any atom is -0.391 e. The average Bonchev–Trinajstić information content (AvgIpc) is 2.71. The Labute approximate surface area is 88.4 Å². The molecular formula is C10H16N2O3. The normalized spacial score (nSPS) is 35.7. The zero-order chi connectivity index (χ0) is 11.0. The fourth-order valence-corrected chi connectivity index (χ4v) is 2.32. The first-order valence-corrected chi connectivity index (χ1v) is 5.33. The molecule has 2 N–H and O–H groups in total. The molecule has 84 valence electrons. The van der Waals surface area contributed by atoms with E-state index in [1.807, 2.05) is 6.92 Å². The molecule has 3 atom stereocenters. The summed E-state index contributed by atoms with van der Waals surface area (Å²) in [4.78, 5) is 24.6. The topological polar surface area (TPSA) is 69.6 Å². The minimum atomic E-state index is -0.408. The van der Waals surface area contributed by atoms with E-state index in [-0.39, 0.29) is 30.2 Å². The molecule has 2 aliphatic rings. The summed E-state index contributed by atoms with van der Waals surface area (Å²) in [6.07, 6.45) is 0.520. The second-order valence-electron chi connectivity index (χ2n) is 4.43. The van der Waals surface area contributed by atoms with Crippen molar-refractivity contribution in [3.8, 4) is 0 Å². The smallest absolute Gasteiger partial charge is 0.228 e. The highest BCUT2D eigenvalue weighted by molar-refractivity contribution is 5.89. The Morgan fingerprint density at radius 3 is 2.80 bits per heavy atom. The second kappa shape index (κ2) is 3.81. The van der Waals surface area contributed by atoms with Gasteiger partial charge < -0.3 is 15.3 Å². The van der Waals surface area contributed by atoms with Gasteiger partial charge in [-0.25, -0.2) is 0 Å². The van der Waals surface area contributed by atoms with E-state index in [9.17, 15) is 14.7 Å². The first-order valence-electron chi connectivity index (χ1n) is 5.33. The monoisotopic (exact) mass is 212 g/mol. The maximum absolute atomic E-state index is 12.0. The molecule has 0 aromatic heterocycles. The third-order valence-corrected chi connectivity index (χ3v) is 3.16. The van der Waals surface area contributed by atoms with Crippen LogP contribution in [0.15, 0.2) is 0 Å². The van der Waals surface area contributed by atoms with Gasteiger partial charge in [0.2, 0.25) is 11.8 Å². The molecule has 0 saturated carbocycles. The number of aliphatic hydroxyl groups is 1. The Balaban J connectivity index is 1.99. The number of nitrogens with zero attached hydrogens (tertiary/aromatic N) is 1. The van der Waals surface area contributed by atoms with E-state index in [1.54, 1.807) is 4.90 Å². The van der Waals surface area contributed by atoms with E-state index in [4.69, 9.17) is 0 Å². The van der Waals surface area contributed by atoms with Crippen molar-refractivity contribution in [2.75, 3.05) is 13.1 Å². The molecule has 2 aliphatic heterocycles. The van der Waals surface area contributed by atoms with Crippen LogP contribution in [0, 0.1) is 5.92 Å². The Morgan fingerprint density at radius 1 is 1.60 bits per heavy atom. The predicted octanol–water partition coefficient (Wildman–Crippen LogP) is -0.896. The molecule has 0 bridgehead atoms. The third kappa shape index (κ3) is 1.97. The van der Waals surface area contributed by atoms with E-state index in [2.05, 4.69) is 5.32 Å². The number of hydrogen-bond acceptors (Lipinski definition) is 3. The zero-order valence-corrected chi connectivity index (χ0v) is 8.77. The van der Waals surface area contributed by atoms with Crippen molar-refractivity contribution in [3.05, 3.63) is 0 Å². The quantitative estimate of drug-likeness (QED) is 0.592. The maximum Gasteiger partial charge on any atom is 0.228 e. The van der Waals surface area contributed by atoms with Gasteiger partial charge in [-0.05, 0) is 13.3 Å². The summed E-state index contributed by atoms with van der Waals surface area (Å²) >= 11 is 0. The highest BCUT2D eigenvalue weighted by atomic mass is 16.3. The van der Waals surface area contributed by atoms with Crippen LogP contribution >= 0.6 is 0 Å². The number of nitrogens with one attached hydrogen (secondary N) is 1. The zero-order valence-electron chi connectivity index (χ0n) is 8.77. The van der Waals surface area contributed by atoms with Gasteiger partial charge in [0, 0.05) is 25.6 Å². The van der Waals surface area contributed by atoms with Crippen LogP contribution < -0.4 is 5.32 Å². The standard InChI is InChI=1S/C10H16N2O3/c1-6-2-8(13)5-12(6)10(15)7-3-9(14)11-4-7/h6-8,13H,2-5H2,1H3,(H,11,14). The van der Waals surface area contributed by atoms with Crippen LogP contribution in [0.5, 0.6) is 0 Å². The third-order valence-electron chi connectivity index (χ3n) is 3.16. The van der Waals surface area contributed by atoms with E-state index in [0.29, 0.717) is 19.5 Å². The molecule has 3 unspecified atom stereocenters. The molecule has 2 saturated heterocycles. The number of carbonyl (C=O) groups excluding carboxylic acids is 2. The van der Waals surface area contributed by atoms with Crippen LogP contribution in [0.25, 0.3) is 0 Å². The van der Waals surface area contributed by atoms with Crippen molar-refractivity contribution in [1.29, 1.82) is 0 Å². The highest BCUT2D eigenvalue weighted by Gasteiger charge is 2.37. The Hall–Kier alpha value is -1.10. The number of β-amino-alcohol motifs (C(OH)–C–C–N with tert-alkyl or cyclic N) is 1. The molecule has 2 amide bonds. The lowest BCUT2D eigenvalue weighted by molar-refractivity contribution is -0.136. The van der Waals surface area contributed by atoms with Gasteiger partial charge in [0.15, 0.2) is 0 Å². The van der Waals surface area contributed by atoms with Gasteiger partial charge in [-0.15, -0.1) is 0 Å². The summed E-state index contributed by atoms with van der Waals surface area (Å²) in [5.74, 6) is -0.289. The van der Waals surface area contributed by atoms with E-state index in [1.165, 1.54) is 0 Å². The van der Waals surface area contributed by atoms with Gasteiger partial charge in [0.1, 0.15) is 0 Å². The maximum atomic E-state index is 12.0. The Morgan fingerprint density at radius 2 is 2.33 bits per heavy atom. The minimum absolute atomic E-state index is 0.00241. The summed E-state index contributed by atoms with van der Waals surface area (Å²) < 4.78 is 0. The first-order chi connectivity index (χ1) is 7.08. The molecule has 0 aromatic rings. The van der Waals surface area contributed by atoms with Gasteiger partial charge in [0.05, 0.1) is 12.0 Å². The van der Waals surface area contributed by atoms with E-state index < -0.39 is 6.10 Å². The summed E-state index contributed by atoms with van der Waals surface area (Å²) in [5.41, 5.74) is 0. The molecule has 2 rings (SSSR count). The number of hydrogen-bond donors (Lipinski definition) is 2. The fraction of sp³-hybridized carbons (Fsp3) is 0.800. The number of amides is 2. The van der Waals surface area contributed by atoms with Crippen LogP contribution in [0.1, 0.15) is 19.8 Å². The molecule has 0 aliphatic carbocycles. The largest absolute Gasteiger partial charge is 0.391 e. The lowest BCUT2D eigenvalue weighted by atomic mass is 10.1. The van der Waals surface area contributed by atoms with Crippen molar-refractivity contribution < 1.29 is 14.7 Å². The van der Waals surface area contributed by atoms with Gasteiger partial charge >= 0.3 is 0 Å². The predicted molar refractivity (Wildman–Crippen MR) is 52.9 cm³/mol. The molecule has 0 radical (unpaired) electrons. The van der Waals surface area contributed by atoms with E-state index in [0.717, 1.165) is 0 Å².